The van der Waals surface area contributed by atoms with Crippen molar-refractivity contribution in [3.63, 3.8) is 0 Å². The Balaban J connectivity index is 1.69. The smallest absolute Gasteiger partial charge is 0.319 e. The second-order valence-corrected chi connectivity index (χ2v) is 5.77. The SMILES string of the molecule is CCOCCOCc1cccc(NC(=O)NCCNc2ncccc2C#N)c1. The summed E-state index contributed by atoms with van der Waals surface area (Å²) in [6.45, 7) is 5.01. The highest BCUT2D eigenvalue weighted by molar-refractivity contribution is 5.89. The van der Waals surface area contributed by atoms with Gasteiger partial charge in [0.1, 0.15) is 11.9 Å². The third kappa shape index (κ3) is 7.61. The summed E-state index contributed by atoms with van der Waals surface area (Å²) in [7, 11) is 0. The molecule has 0 aliphatic carbocycles. The van der Waals surface area contributed by atoms with Crippen molar-refractivity contribution >= 4 is 17.5 Å². The van der Waals surface area contributed by atoms with Crippen LogP contribution >= 0.6 is 0 Å². The fraction of sp³-hybridized carbons (Fsp3) is 0.350. The lowest BCUT2D eigenvalue weighted by Crippen LogP contribution is -2.32. The number of rotatable bonds is 11. The van der Waals surface area contributed by atoms with Gasteiger partial charge >= 0.3 is 6.03 Å². The van der Waals surface area contributed by atoms with Gasteiger partial charge in [-0.1, -0.05) is 12.1 Å². The Hall–Kier alpha value is -3.15. The molecule has 0 saturated carbocycles. The first-order valence-electron chi connectivity index (χ1n) is 9.11. The van der Waals surface area contributed by atoms with E-state index in [9.17, 15) is 4.79 Å². The first-order chi connectivity index (χ1) is 13.7. The van der Waals surface area contributed by atoms with Crippen molar-refractivity contribution in [3.8, 4) is 6.07 Å². The van der Waals surface area contributed by atoms with Gasteiger partial charge in [-0.05, 0) is 36.8 Å². The normalized spacial score (nSPS) is 10.1. The number of nitrogens with one attached hydrogen (secondary N) is 3. The number of carbonyl (C=O) groups is 1. The minimum atomic E-state index is -0.308. The van der Waals surface area contributed by atoms with E-state index in [4.69, 9.17) is 14.7 Å². The van der Waals surface area contributed by atoms with Crippen LogP contribution in [-0.2, 0) is 16.1 Å². The van der Waals surface area contributed by atoms with Crippen LogP contribution in [0.5, 0.6) is 0 Å². The van der Waals surface area contributed by atoms with Crippen LogP contribution in [0.4, 0.5) is 16.3 Å². The van der Waals surface area contributed by atoms with Crippen molar-refractivity contribution < 1.29 is 14.3 Å². The summed E-state index contributed by atoms with van der Waals surface area (Å²) in [6.07, 6.45) is 1.61. The molecule has 1 aromatic carbocycles. The van der Waals surface area contributed by atoms with Crippen molar-refractivity contribution in [3.05, 3.63) is 53.7 Å². The van der Waals surface area contributed by atoms with Gasteiger partial charge in [0, 0.05) is 31.6 Å². The molecule has 2 aromatic rings. The van der Waals surface area contributed by atoms with Crippen molar-refractivity contribution in [1.29, 1.82) is 5.26 Å². The fourth-order valence-electron chi connectivity index (χ4n) is 2.36. The molecule has 0 fully saturated rings. The maximum Gasteiger partial charge on any atom is 0.319 e. The molecule has 0 aliphatic rings. The molecule has 0 unspecified atom stereocenters. The van der Waals surface area contributed by atoms with Gasteiger partial charge in [0.2, 0.25) is 0 Å². The predicted molar refractivity (Wildman–Crippen MR) is 107 cm³/mol. The van der Waals surface area contributed by atoms with Gasteiger partial charge in [0.15, 0.2) is 0 Å². The summed E-state index contributed by atoms with van der Waals surface area (Å²) in [5.74, 6) is 0.504. The molecule has 3 N–H and O–H groups in total. The molecule has 8 heteroatoms. The molecule has 0 aliphatic heterocycles. The number of urea groups is 1. The molecule has 0 saturated heterocycles. The van der Waals surface area contributed by atoms with E-state index in [2.05, 4.69) is 27.0 Å². The molecule has 0 spiro atoms. The molecular weight excluding hydrogens is 358 g/mol. The number of ether oxygens (including phenoxy) is 2. The molecule has 148 valence electrons. The van der Waals surface area contributed by atoms with Crippen molar-refractivity contribution in [2.45, 2.75) is 13.5 Å². The van der Waals surface area contributed by atoms with Crippen LogP contribution in [0.15, 0.2) is 42.6 Å². The lowest BCUT2D eigenvalue weighted by Gasteiger charge is -2.10. The number of nitrogens with zero attached hydrogens (tertiary/aromatic N) is 2. The Kier molecular flexibility index (Phi) is 9.27. The van der Waals surface area contributed by atoms with E-state index in [1.807, 2.05) is 31.2 Å². The Morgan fingerprint density at radius 1 is 1.18 bits per heavy atom. The van der Waals surface area contributed by atoms with Crippen LogP contribution in [-0.4, -0.2) is 43.9 Å². The summed E-state index contributed by atoms with van der Waals surface area (Å²) < 4.78 is 10.8. The zero-order valence-corrected chi connectivity index (χ0v) is 15.9. The summed E-state index contributed by atoms with van der Waals surface area (Å²) in [5.41, 5.74) is 2.12. The Morgan fingerprint density at radius 3 is 2.86 bits per heavy atom. The maximum atomic E-state index is 12.0. The van der Waals surface area contributed by atoms with Crippen LogP contribution in [0, 0.1) is 11.3 Å². The van der Waals surface area contributed by atoms with E-state index >= 15 is 0 Å². The average Bonchev–Trinajstić information content (AvgIpc) is 2.71. The highest BCUT2D eigenvalue weighted by atomic mass is 16.5. The summed E-state index contributed by atoms with van der Waals surface area (Å²) in [4.78, 5) is 16.1. The Morgan fingerprint density at radius 2 is 2.04 bits per heavy atom. The minimum absolute atomic E-state index is 0.308. The fourth-order valence-corrected chi connectivity index (χ4v) is 2.36. The van der Waals surface area contributed by atoms with Gasteiger partial charge in [0.05, 0.1) is 25.4 Å². The third-order valence-corrected chi connectivity index (χ3v) is 3.66. The zero-order chi connectivity index (χ0) is 20.0. The molecule has 0 radical (unpaired) electrons. The second kappa shape index (κ2) is 12.3. The van der Waals surface area contributed by atoms with Crippen molar-refractivity contribution in [1.82, 2.24) is 10.3 Å². The number of hydrogen-bond acceptors (Lipinski definition) is 6. The molecule has 0 bridgehead atoms. The van der Waals surface area contributed by atoms with E-state index in [1.54, 1.807) is 18.3 Å². The summed E-state index contributed by atoms with van der Waals surface area (Å²) >= 11 is 0. The van der Waals surface area contributed by atoms with Gasteiger partial charge < -0.3 is 25.4 Å². The Bertz CT molecular complexity index is 791. The standard InChI is InChI=1S/C20H25N5O3/c1-2-27-11-12-28-15-16-5-3-7-18(13-16)25-20(26)24-10-9-23-19-17(14-21)6-4-8-22-19/h3-8,13H,2,9-12,15H2,1H3,(H,22,23)(H2,24,25,26). The topological polar surface area (TPSA) is 108 Å². The number of amides is 2. The number of pyridine rings is 1. The highest BCUT2D eigenvalue weighted by Crippen LogP contribution is 2.11. The number of benzene rings is 1. The van der Waals surface area contributed by atoms with E-state index < -0.39 is 0 Å². The van der Waals surface area contributed by atoms with Gasteiger partial charge in [-0.3, -0.25) is 0 Å². The monoisotopic (exact) mass is 383 g/mol. The summed E-state index contributed by atoms with van der Waals surface area (Å²) in [6, 6.07) is 12.6. The third-order valence-electron chi connectivity index (χ3n) is 3.66. The Labute approximate surface area is 164 Å². The molecule has 2 rings (SSSR count). The van der Waals surface area contributed by atoms with Crippen LogP contribution in [0.25, 0.3) is 0 Å². The number of aromatic nitrogens is 1. The maximum absolute atomic E-state index is 12.0. The highest BCUT2D eigenvalue weighted by Gasteiger charge is 2.04. The number of carbonyl (C=O) groups excluding carboxylic acids is 1. The first kappa shape index (κ1) is 21.2. The zero-order valence-electron chi connectivity index (χ0n) is 15.9. The summed E-state index contributed by atoms with van der Waals surface area (Å²) in [5, 5.41) is 17.6. The lowest BCUT2D eigenvalue weighted by molar-refractivity contribution is 0.0453. The van der Waals surface area contributed by atoms with E-state index in [1.165, 1.54) is 0 Å². The molecular formula is C20H25N5O3. The van der Waals surface area contributed by atoms with E-state index in [0.717, 1.165) is 5.56 Å². The van der Waals surface area contributed by atoms with Gasteiger partial charge in [-0.15, -0.1) is 0 Å². The molecule has 2 amide bonds. The first-order valence-corrected chi connectivity index (χ1v) is 9.11. The van der Waals surface area contributed by atoms with Crippen molar-refractivity contribution in [2.75, 3.05) is 43.5 Å². The van der Waals surface area contributed by atoms with Gasteiger partial charge in [-0.2, -0.15) is 5.26 Å². The van der Waals surface area contributed by atoms with Gasteiger partial charge in [0.25, 0.3) is 0 Å². The molecule has 1 aromatic heterocycles. The van der Waals surface area contributed by atoms with Crippen LogP contribution in [0.3, 0.4) is 0 Å². The van der Waals surface area contributed by atoms with Crippen LogP contribution < -0.4 is 16.0 Å². The van der Waals surface area contributed by atoms with Crippen molar-refractivity contribution in [2.24, 2.45) is 0 Å². The van der Waals surface area contributed by atoms with Crippen LogP contribution in [0.1, 0.15) is 18.1 Å². The number of anilines is 2. The number of hydrogen-bond donors (Lipinski definition) is 3. The molecule has 1 heterocycles. The van der Waals surface area contributed by atoms with Gasteiger partial charge in [-0.25, -0.2) is 9.78 Å². The molecule has 0 atom stereocenters. The molecule has 28 heavy (non-hydrogen) atoms. The van der Waals surface area contributed by atoms with E-state index in [-0.39, 0.29) is 6.03 Å². The lowest BCUT2D eigenvalue weighted by atomic mass is 10.2. The number of nitriles is 1. The predicted octanol–water partition coefficient (Wildman–Crippen LogP) is 2.74. The quantitative estimate of drug-likeness (QED) is 0.515. The molecule has 8 nitrogen and oxygen atoms in total. The average molecular weight is 383 g/mol. The van der Waals surface area contributed by atoms with Crippen LogP contribution in [0.2, 0.25) is 0 Å². The largest absolute Gasteiger partial charge is 0.379 e. The van der Waals surface area contributed by atoms with E-state index in [0.29, 0.717) is 56.6 Å². The second-order valence-electron chi connectivity index (χ2n) is 5.77. The minimum Gasteiger partial charge on any atom is -0.379 e.